The molecule has 0 heterocycles. The van der Waals surface area contributed by atoms with Gasteiger partial charge >= 0.3 is 0 Å². The smallest absolute Gasteiger partial charge is 0.251 e. The SMILES string of the molecule is COc1ccc2c(c1)C[C@H](N(C)CCCCNC(=O)c1ccc(-c3ccccc3)c(C)c1)CC2. The molecule has 34 heavy (non-hydrogen) atoms. The third kappa shape index (κ3) is 5.87. The first-order valence-electron chi connectivity index (χ1n) is 12.4. The second-order valence-corrected chi connectivity index (χ2v) is 9.37. The monoisotopic (exact) mass is 456 g/mol. The molecule has 0 radical (unpaired) electrons. The lowest BCUT2D eigenvalue weighted by Crippen LogP contribution is -2.37. The molecule has 0 spiro atoms. The van der Waals surface area contributed by atoms with Gasteiger partial charge in [0, 0.05) is 18.2 Å². The van der Waals surface area contributed by atoms with Crippen LogP contribution in [0.5, 0.6) is 5.75 Å². The average Bonchev–Trinajstić information content (AvgIpc) is 2.88. The highest BCUT2D eigenvalue weighted by Crippen LogP contribution is 2.28. The maximum Gasteiger partial charge on any atom is 0.251 e. The second kappa shape index (κ2) is 11.3. The van der Waals surface area contributed by atoms with Gasteiger partial charge in [-0.1, -0.05) is 42.5 Å². The number of ether oxygens (including phenoxy) is 1. The predicted molar refractivity (Wildman–Crippen MR) is 140 cm³/mol. The van der Waals surface area contributed by atoms with E-state index in [-0.39, 0.29) is 5.91 Å². The molecule has 4 heteroatoms. The van der Waals surface area contributed by atoms with E-state index in [0.29, 0.717) is 12.6 Å². The lowest BCUT2D eigenvalue weighted by molar-refractivity contribution is 0.0952. The Morgan fingerprint density at radius 2 is 1.85 bits per heavy atom. The van der Waals surface area contributed by atoms with Crippen LogP contribution in [-0.2, 0) is 12.8 Å². The standard InChI is InChI=1S/C30H36N2O2/c1-22-19-25(13-16-29(22)24-9-5-4-6-10-24)30(33)31-17-7-8-18-32(2)27-14-11-23-12-15-28(34-3)21-26(23)20-27/h4-6,9-10,12-13,15-16,19,21,27H,7-8,11,14,17-18,20H2,1-3H3,(H,31,33)/t27-/m1/s1. The molecule has 0 bridgehead atoms. The molecule has 1 aliphatic carbocycles. The number of rotatable bonds is 9. The molecule has 1 atom stereocenters. The van der Waals surface area contributed by atoms with Gasteiger partial charge in [0.15, 0.2) is 0 Å². The van der Waals surface area contributed by atoms with Gasteiger partial charge in [-0.2, -0.15) is 0 Å². The predicted octanol–water partition coefficient (Wildman–Crippen LogP) is 5.67. The molecule has 0 unspecified atom stereocenters. The molecule has 1 N–H and O–H groups in total. The van der Waals surface area contributed by atoms with Gasteiger partial charge in [-0.05, 0) is 105 Å². The average molecular weight is 457 g/mol. The number of carbonyl (C=O) groups excluding carboxylic acids is 1. The van der Waals surface area contributed by atoms with E-state index in [0.717, 1.165) is 49.1 Å². The summed E-state index contributed by atoms with van der Waals surface area (Å²) in [6.07, 6.45) is 5.47. The third-order valence-corrected chi connectivity index (χ3v) is 7.04. The van der Waals surface area contributed by atoms with E-state index in [1.54, 1.807) is 7.11 Å². The summed E-state index contributed by atoms with van der Waals surface area (Å²) in [6, 6.07) is 23.3. The van der Waals surface area contributed by atoms with E-state index in [2.05, 4.69) is 54.5 Å². The van der Waals surface area contributed by atoms with Crippen molar-refractivity contribution in [1.29, 1.82) is 0 Å². The molecule has 4 rings (SSSR count). The summed E-state index contributed by atoms with van der Waals surface area (Å²) >= 11 is 0. The van der Waals surface area contributed by atoms with Gasteiger partial charge in [0.05, 0.1) is 7.11 Å². The van der Waals surface area contributed by atoms with Crippen LogP contribution < -0.4 is 10.1 Å². The molecule has 4 nitrogen and oxygen atoms in total. The molecular formula is C30H36N2O2. The molecule has 0 aromatic heterocycles. The first-order chi connectivity index (χ1) is 16.5. The zero-order chi connectivity index (χ0) is 23.9. The van der Waals surface area contributed by atoms with Crippen LogP contribution in [0.1, 0.15) is 46.3 Å². The van der Waals surface area contributed by atoms with Crippen molar-refractivity contribution < 1.29 is 9.53 Å². The minimum absolute atomic E-state index is 0.00824. The topological polar surface area (TPSA) is 41.6 Å². The van der Waals surface area contributed by atoms with Crippen molar-refractivity contribution >= 4 is 5.91 Å². The summed E-state index contributed by atoms with van der Waals surface area (Å²) in [5.41, 5.74) is 7.07. The molecule has 1 aliphatic rings. The van der Waals surface area contributed by atoms with Crippen LogP contribution >= 0.6 is 0 Å². The number of methoxy groups -OCH3 is 1. The number of nitrogens with zero attached hydrogens (tertiary/aromatic N) is 1. The Labute approximate surface area is 204 Å². The van der Waals surface area contributed by atoms with Crippen LogP contribution in [0.4, 0.5) is 0 Å². The molecule has 178 valence electrons. The van der Waals surface area contributed by atoms with Crippen LogP contribution in [0, 0.1) is 6.92 Å². The van der Waals surface area contributed by atoms with E-state index >= 15 is 0 Å². The Balaban J connectivity index is 1.20. The Kier molecular flexibility index (Phi) is 8.02. The molecular weight excluding hydrogens is 420 g/mol. The summed E-state index contributed by atoms with van der Waals surface area (Å²) in [5, 5.41) is 3.09. The maximum atomic E-state index is 12.6. The zero-order valence-corrected chi connectivity index (χ0v) is 20.6. The van der Waals surface area contributed by atoms with E-state index in [1.807, 2.05) is 36.4 Å². The van der Waals surface area contributed by atoms with E-state index in [1.165, 1.54) is 28.7 Å². The number of hydrogen-bond acceptors (Lipinski definition) is 3. The van der Waals surface area contributed by atoms with Gasteiger partial charge in [-0.3, -0.25) is 4.79 Å². The highest BCUT2D eigenvalue weighted by atomic mass is 16.5. The van der Waals surface area contributed by atoms with Gasteiger partial charge in [-0.25, -0.2) is 0 Å². The Hall–Kier alpha value is -3.11. The highest BCUT2D eigenvalue weighted by Gasteiger charge is 2.22. The highest BCUT2D eigenvalue weighted by molar-refractivity contribution is 5.95. The van der Waals surface area contributed by atoms with Crippen LogP contribution in [0.15, 0.2) is 66.7 Å². The largest absolute Gasteiger partial charge is 0.497 e. The molecule has 0 aliphatic heterocycles. The lowest BCUT2D eigenvalue weighted by atomic mass is 9.87. The molecule has 1 amide bonds. The lowest BCUT2D eigenvalue weighted by Gasteiger charge is -2.32. The minimum Gasteiger partial charge on any atom is -0.497 e. The van der Waals surface area contributed by atoms with Crippen molar-refractivity contribution in [3.63, 3.8) is 0 Å². The fourth-order valence-electron chi connectivity index (χ4n) is 4.94. The van der Waals surface area contributed by atoms with Crippen LogP contribution in [0.25, 0.3) is 11.1 Å². The summed E-state index contributed by atoms with van der Waals surface area (Å²) in [7, 11) is 3.96. The first-order valence-corrected chi connectivity index (χ1v) is 12.4. The number of amides is 1. The Bertz CT molecular complexity index is 1110. The molecule has 3 aromatic carbocycles. The summed E-state index contributed by atoms with van der Waals surface area (Å²) in [6.45, 7) is 3.82. The number of unbranched alkanes of at least 4 members (excludes halogenated alkanes) is 1. The molecule has 0 fully saturated rings. The van der Waals surface area contributed by atoms with Crippen molar-refractivity contribution in [3.05, 3.63) is 89.0 Å². The number of carbonyl (C=O) groups is 1. The Morgan fingerprint density at radius 1 is 1.03 bits per heavy atom. The van der Waals surface area contributed by atoms with Gasteiger partial charge in [0.25, 0.3) is 5.91 Å². The van der Waals surface area contributed by atoms with Crippen molar-refractivity contribution in [1.82, 2.24) is 10.2 Å². The normalized spacial score (nSPS) is 15.1. The number of fused-ring (bicyclic) bond motifs is 1. The van der Waals surface area contributed by atoms with Crippen molar-refractivity contribution in [2.75, 3.05) is 27.2 Å². The summed E-state index contributed by atoms with van der Waals surface area (Å²) in [5.74, 6) is 0.955. The van der Waals surface area contributed by atoms with E-state index in [4.69, 9.17) is 4.74 Å². The van der Waals surface area contributed by atoms with Gasteiger partial charge in [0.2, 0.25) is 0 Å². The number of benzene rings is 3. The first kappa shape index (κ1) is 24.0. The van der Waals surface area contributed by atoms with Gasteiger partial charge in [0.1, 0.15) is 5.75 Å². The maximum absolute atomic E-state index is 12.6. The van der Waals surface area contributed by atoms with Crippen LogP contribution in [0.2, 0.25) is 0 Å². The van der Waals surface area contributed by atoms with Crippen molar-refractivity contribution in [2.24, 2.45) is 0 Å². The quantitative estimate of drug-likeness (QED) is 0.422. The van der Waals surface area contributed by atoms with E-state index < -0.39 is 0 Å². The molecule has 0 saturated carbocycles. The zero-order valence-electron chi connectivity index (χ0n) is 20.6. The number of nitrogens with one attached hydrogen (secondary N) is 1. The van der Waals surface area contributed by atoms with Crippen molar-refractivity contribution in [3.8, 4) is 16.9 Å². The summed E-state index contributed by atoms with van der Waals surface area (Å²) in [4.78, 5) is 15.1. The minimum atomic E-state index is 0.00824. The van der Waals surface area contributed by atoms with E-state index in [9.17, 15) is 4.79 Å². The number of aryl methyl sites for hydroxylation is 2. The van der Waals surface area contributed by atoms with Crippen LogP contribution in [0.3, 0.4) is 0 Å². The Morgan fingerprint density at radius 3 is 2.62 bits per heavy atom. The van der Waals surface area contributed by atoms with Crippen LogP contribution in [-0.4, -0.2) is 44.1 Å². The molecule has 3 aromatic rings. The number of hydrogen-bond donors (Lipinski definition) is 1. The van der Waals surface area contributed by atoms with Gasteiger partial charge < -0.3 is 15.0 Å². The number of likely N-dealkylation sites (N-methyl/N-ethyl adjacent to an activating group) is 1. The van der Waals surface area contributed by atoms with Crippen molar-refractivity contribution in [2.45, 2.75) is 45.1 Å². The summed E-state index contributed by atoms with van der Waals surface area (Å²) < 4.78 is 5.40. The fourth-order valence-corrected chi connectivity index (χ4v) is 4.94. The molecule has 0 saturated heterocycles. The second-order valence-electron chi connectivity index (χ2n) is 9.37. The van der Waals surface area contributed by atoms with Gasteiger partial charge in [-0.15, -0.1) is 0 Å². The fraction of sp³-hybridized carbons (Fsp3) is 0.367. The third-order valence-electron chi connectivity index (χ3n) is 7.04.